The van der Waals surface area contributed by atoms with Crippen molar-refractivity contribution in [1.29, 1.82) is 0 Å². The second kappa shape index (κ2) is 7.52. The van der Waals surface area contributed by atoms with Gasteiger partial charge in [-0.2, -0.15) is 0 Å². The van der Waals surface area contributed by atoms with E-state index < -0.39 is 6.04 Å². The summed E-state index contributed by atoms with van der Waals surface area (Å²) in [4.78, 5) is 30.8. The van der Waals surface area contributed by atoms with E-state index in [0.29, 0.717) is 31.0 Å². The number of rotatable bonds is 5. The third-order valence-electron chi connectivity index (χ3n) is 4.30. The minimum absolute atomic E-state index is 0.239. The normalized spacial score (nSPS) is 19.7. The van der Waals surface area contributed by atoms with Crippen molar-refractivity contribution in [3.8, 4) is 5.88 Å². The molecule has 3 heterocycles. The molecule has 0 spiro atoms. The summed E-state index contributed by atoms with van der Waals surface area (Å²) >= 11 is 0. The summed E-state index contributed by atoms with van der Waals surface area (Å²) in [7, 11) is 1.91. The molecule has 25 heavy (non-hydrogen) atoms. The Morgan fingerprint density at radius 1 is 1.52 bits per heavy atom. The maximum absolute atomic E-state index is 12.4. The minimum Gasteiger partial charge on any atom is -0.474 e. The molecule has 0 aromatic carbocycles. The predicted molar refractivity (Wildman–Crippen MR) is 93.6 cm³/mol. The molecule has 1 fully saturated rings. The summed E-state index contributed by atoms with van der Waals surface area (Å²) in [5, 5.41) is 8.50. The van der Waals surface area contributed by atoms with Crippen molar-refractivity contribution in [2.45, 2.75) is 18.9 Å². The molecule has 3 rings (SSSR count). The first kappa shape index (κ1) is 17.2. The fourth-order valence-electron chi connectivity index (χ4n) is 2.90. The minimum atomic E-state index is -0.566. The van der Waals surface area contributed by atoms with E-state index in [9.17, 15) is 9.59 Å². The van der Waals surface area contributed by atoms with E-state index in [0.717, 1.165) is 25.3 Å². The number of nitrogens with one attached hydrogen (secondary N) is 3. The first-order valence-corrected chi connectivity index (χ1v) is 8.41. The van der Waals surface area contributed by atoms with Crippen LogP contribution in [-0.2, 0) is 4.79 Å². The number of aromatic nitrogens is 1. The molecule has 8 nitrogen and oxygen atoms in total. The van der Waals surface area contributed by atoms with Crippen molar-refractivity contribution in [2.24, 2.45) is 0 Å². The summed E-state index contributed by atoms with van der Waals surface area (Å²) in [5.41, 5.74) is 1.80. The number of pyridine rings is 1. The highest BCUT2D eigenvalue weighted by molar-refractivity contribution is 5.97. The van der Waals surface area contributed by atoms with Crippen LogP contribution < -0.4 is 25.6 Å². The number of fused-ring (bicyclic) bond motifs is 1. The highest BCUT2D eigenvalue weighted by Crippen LogP contribution is 2.29. The molecule has 1 saturated heterocycles. The third-order valence-corrected chi connectivity index (χ3v) is 4.30. The van der Waals surface area contributed by atoms with Crippen molar-refractivity contribution in [1.82, 2.24) is 20.9 Å². The van der Waals surface area contributed by atoms with Gasteiger partial charge in [0.15, 0.2) is 0 Å². The van der Waals surface area contributed by atoms with Crippen LogP contribution in [0.4, 0.5) is 5.69 Å². The van der Waals surface area contributed by atoms with Gasteiger partial charge in [-0.25, -0.2) is 4.98 Å². The van der Waals surface area contributed by atoms with Gasteiger partial charge in [0.05, 0.1) is 6.54 Å². The van der Waals surface area contributed by atoms with Gasteiger partial charge >= 0.3 is 0 Å². The van der Waals surface area contributed by atoms with E-state index in [1.807, 2.05) is 13.1 Å². The molecule has 134 valence electrons. The topological polar surface area (TPSA) is 95.6 Å². The molecule has 2 aliphatic rings. The number of anilines is 1. The number of ether oxygens (including phenoxy) is 1. The van der Waals surface area contributed by atoms with E-state index in [2.05, 4.69) is 32.4 Å². The second-order valence-electron chi connectivity index (χ2n) is 6.12. The van der Waals surface area contributed by atoms with Crippen LogP contribution >= 0.6 is 0 Å². The number of carbonyl (C=O) groups excluding carboxylic acids is 2. The van der Waals surface area contributed by atoms with Crippen LogP contribution in [0.2, 0.25) is 0 Å². The Kier molecular flexibility index (Phi) is 5.18. The molecule has 8 heteroatoms. The van der Waals surface area contributed by atoms with Crippen LogP contribution in [0, 0.1) is 0 Å². The molecule has 1 atom stereocenters. The molecule has 2 amide bonds. The highest BCUT2D eigenvalue weighted by atomic mass is 16.5. The van der Waals surface area contributed by atoms with Crippen LogP contribution in [-0.4, -0.2) is 56.1 Å². The lowest BCUT2D eigenvalue weighted by atomic mass is 10.0. The molecular formula is C17H23N5O3. The average Bonchev–Trinajstić information content (AvgIpc) is 2.61. The van der Waals surface area contributed by atoms with E-state index >= 15 is 0 Å². The molecule has 0 saturated carbocycles. The maximum Gasteiger partial charge on any atom is 0.270 e. The van der Waals surface area contributed by atoms with Crippen LogP contribution in [0.5, 0.6) is 5.88 Å². The lowest BCUT2D eigenvalue weighted by Crippen LogP contribution is -2.49. The molecular weight excluding hydrogens is 322 g/mol. The lowest BCUT2D eigenvalue weighted by Gasteiger charge is -2.30. The van der Waals surface area contributed by atoms with Gasteiger partial charge in [0.25, 0.3) is 5.91 Å². The fourth-order valence-corrected chi connectivity index (χ4v) is 2.90. The average molecular weight is 345 g/mol. The monoisotopic (exact) mass is 345 g/mol. The van der Waals surface area contributed by atoms with Crippen LogP contribution in [0.25, 0.3) is 0 Å². The largest absolute Gasteiger partial charge is 0.474 e. The quantitative estimate of drug-likeness (QED) is 0.696. The van der Waals surface area contributed by atoms with Crippen molar-refractivity contribution >= 4 is 17.5 Å². The lowest BCUT2D eigenvalue weighted by molar-refractivity contribution is -0.123. The molecule has 2 aliphatic heterocycles. The Hall–Kier alpha value is -2.61. The number of hydrogen-bond donors (Lipinski definition) is 3. The fraction of sp³-hybridized carbons (Fsp3) is 0.471. The zero-order chi connectivity index (χ0) is 17.8. The standard InChI is InChI=1S/C17H23N5O3/c1-11-3-4-12(15(23)19-11)20-16(24)13-5-6-14-17(21-13)25-10-9-22(14)8-7-18-2/h5-6,12,18H,1,3-4,7-10H2,2H3,(H,19,23)(H,20,24). The zero-order valence-corrected chi connectivity index (χ0v) is 14.3. The van der Waals surface area contributed by atoms with Crippen LogP contribution in [0.15, 0.2) is 24.4 Å². The molecule has 1 aromatic heterocycles. The zero-order valence-electron chi connectivity index (χ0n) is 14.3. The second-order valence-corrected chi connectivity index (χ2v) is 6.12. The highest BCUT2D eigenvalue weighted by Gasteiger charge is 2.27. The number of allylic oxidation sites excluding steroid dienone is 1. The first-order chi connectivity index (χ1) is 12.1. The van der Waals surface area contributed by atoms with E-state index in [4.69, 9.17) is 4.74 Å². The molecule has 0 bridgehead atoms. The van der Waals surface area contributed by atoms with Gasteiger partial charge in [0.1, 0.15) is 24.0 Å². The van der Waals surface area contributed by atoms with Crippen LogP contribution in [0.1, 0.15) is 23.3 Å². The SMILES string of the molecule is C=C1CCC(NC(=O)c2ccc3c(n2)OCCN3CCNC)C(=O)N1. The van der Waals surface area contributed by atoms with E-state index in [-0.39, 0.29) is 17.5 Å². The Bertz CT molecular complexity index is 691. The molecule has 0 radical (unpaired) electrons. The molecule has 3 N–H and O–H groups in total. The first-order valence-electron chi connectivity index (χ1n) is 8.41. The molecule has 1 unspecified atom stereocenters. The van der Waals surface area contributed by atoms with Crippen molar-refractivity contribution in [2.75, 3.05) is 38.2 Å². The number of piperidine rings is 1. The number of amides is 2. The Morgan fingerprint density at radius 3 is 3.12 bits per heavy atom. The summed E-state index contributed by atoms with van der Waals surface area (Å²) < 4.78 is 5.61. The van der Waals surface area contributed by atoms with Gasteiger partial charge in [0, 0.05) is 18.8 Å². The summed E-state index contributed by atoms with van der Waals surface area (Å²) in [5.74, 6) is -0.167. The number of likely N-dealkylation sites (N-methyl/N-ethyl adjacent to an activating group) is 1. The summed E-state index contributed by atoms with van der Waals surface area (Å²) in [6, 6.07) is 2.94. The van der Waals surface area contributed by atoms with Gasteiger partial charge in [-0.1, -0.05) is 6.58 Å². The van der Waals surface area contributed by atoms with E-state index in [1.165, 1.54) is 0 Å². The summed E-state index contributed by atoms with van der Waals surface area (Å²) in [6.45, 7) is 6.74. The Balaban J connectivity index is 1.70. The Morgan fingerprint density at radius 2 is 2.36 bits per heavy atom. The third kappa shape index (κ3) is 3.90. The van der Waals surface area contributed by atoms with Gasteiger partial charge in [-0.15, -0.1) is 0 Å². The van der Waals surface area contributed by atoms with Gasteiger partial charge < -0.3 is 25.6 Å². The predicted octanol–water partition coefficient (Wildman–Crippen LogP) is 0.0219. The smallest absolute Gasteiger partial charge is 0.270 e. The molecule has 1 aromatic rings. The Labute approximate surface area is 146 Å². The van der Waals surface area contributed by atoms with Crippen molar-refractivity contribution in [3.05, 3.63) is 30.1 Å². The number of carbonyl (C=O) groups is 2. The van der Waals surface area contributed by atoms with E-state index in [1.54, 1.807) is 6.07 Å². The molecule has 0 aliphatic carbocycles. The van der Waals surface area contributed by atoms with Gasteiger partial charge in [-0.05, 0) is 32.0 Å². The number of nitrogens with zero attached hydrogens (tertiary/aromatic N) is 2. The van der Waals surface area contributed by atoms with Crippen molar-refractivity contribution in [3.63, 3.8) is 0 Å². The van der Waals surface area contributed by atoms with Crippen molar-refractivity contribution < 1.29 is 14.3 Å². The van der Waals surface area contributed by atoms with Crippen LogP contribution in [0.3, 0.4) is 0 Å². The van der Waals surface area contributed by atoms with Gasteiger partial charge in [0.2, 0.25) is 11.8 Å². The van der Waals surface area contributed by atoms with Gasteiger partial charge in [-0.3, -0.25) is 9.59 Å². The maximum atomic E-state index is 12.4. The summed E-state index contributed by atoms with van der Waals surface area (Å²) in [6.07, 6.45) is 1.19. The number of hydrogen-bond acceptors (Lipinski definition) is 6.